The smallest absolute Gasteiger partial charge is 0.255 e. The molecule has 1 fully saturated rings. The van der Waals surface area contributed by atoms with Crippen LogP contribution < -0.4 is 20.1 Å². The van der Waals surface area contributed by atoms with E-state index in [9.17, 15) is 14.3 Å². The molecule has 2 aromatic carbocycles. The fourth-order valence-electron chi connectivity index (χ4n) is 4.18. The van der Waals surface area contributed by atoms with Crippen molar-refractivity contribution in [1.82, 2.24) is 10.2 Å². The van der Waals surface area contributed by atoms with Crippen LogP contribution in [0.5, 0.6) is 11.5 Å². The van der Waals surface area contributed by atoms with Gasteiger partial charge < -0.3 is 25.2 Å². The Bertz CT molecular complexity index is 938. The van der Waals surface area contributed by atoms with Crippen molar-refractivity contribution in [3.05, 3.63) is 53.3 Å². The molecule has 1 amide bonds. The lowest BCUT2D eigenvalue weighted by molar-refractivity contribution is 0.0190. The van der Waals surface area contributed by atoms with Crippen LogP contribution in [0, 0.1) is 11.7 Å². The maximum atomic E-state index is 13.1. The van der Waals surface area contributed by atoms with Crippen LogP contribution in [0.2, 0.25) is 0 Å². The number of nitrogens with one attached hydrogen (secondary N) is 2. The van der Waals surface area contributed by atoms with Gasteiger partial charge in [-0.25, -0.2) is 4.39 Å². The van der Waals surface area contributed by atoms with Gasteiger partial charge >= 0.3 is 0 Å². The minimum Gasteiger partial charge on any atom is -0.489 e. The number of rotatable bonds is 6. The van der Waals surface area contributed by atoms with E-state index in [1.165, 1.54) is 12.1 Å². The molecule has 0 radical (unpaired) electrons. The molecule has 32 heavy (non-hydrogen) atoms. The number of amides is 1. The second kappa shape index (κ2) is 10.2. The monoisotopic (exact) mass is 443 g/mol. The van der Waals surface area contributed by atoms with Gasteiger partial charge in [-0.3, -0.25) is 9.69 Å². The maximum absolute atomic E-state index is 13.1. The van der Waals surface area contributed by atoms with E-state index in [1.54, 1.807) is 25.2 Å². The zero-order valence-electron chi connectivity index (χ0n) is 18.3. The summed E-state index contributed by atoms with van der Waals surface area (Å²) in [6, 6.07) is 10.0. The topological polar surface area (TPSA) is 83.1 Å². The number of carbonyl (C=O) groups excluding carboxylic acids is 1. The summed E-state index contributed by atoms with van der Waals surface area (Å²) in [5.74, 6) is 0.496. The summed E-state index contributed by atoms with van der Waals surface area (Å²) in [6.45, 7) is 3.40. The van der Waals surface area contributed by atoms with Crippen molar-refractivity contribution in [3.8, 4) is 11.5 Å². The number of hydrogen-bond donors (Lipinski definition) is 3. The van der Waals surface area contributed by atoms with Crippen molar-refractivity contribution in [3.63, 3.8) is 0 Å². The molecule has 3 N–H and O–H groups in total. The molecule has 172 valence electrons. The Morgan fingerprint density at radius 1 is 1.22 bits per heavy atom. The number of piperidine rings is 1. The number of hydrogen-bond acceptors (Lipinski definition) is 6. The zero-order chi connectivity index (χ0) is 22.5. The standard InChI is InChI=1S/C24H30FN3O4/c1-26-19-11-20(23-22(12-19)31-9-2-10-32-23)24(30)27-13-17-7-8-28(15-21(17)29)14-16-3-5-18(25)6-4-16/h3-6,11-12,17,21,26,29H,2,7-10,13-15H2,1H3,(H,27,30)/t17-,21+/m0/s1. The van der Waals surface area contributed by atoms with E-state index in [0.29, 0.717) is 49.9 Å². The Balaban J connectivity index is 1.35. The Morgan fingerprint density at radius 2 is 2.00 bits per heavy atom. The third kappa shape index (κ3) is 5.31. The van der Waals surface area contributed by atoms with Gasteiger partial charge in [0.05, 0.1) is 24.9 Å². The number of likely N-dealkylation sites (tertiary alicyclic amines) is 1. The van der Waals surface area contributed by atoms with E-state index in [2.05, 4.69) is 15.5 Å². The first-order valence-corrected chi connectivity index (χ1v) is 11.1. The highest BCUT2D eigenvalue weighted by Gasteiger charge is 2.29. The van der Waals surface area contributed by atoms with E-state index < -0.39 is 6.10 Å². The summed E-state index contributed by atoms with van der Waals surface area (Å²) in [5.41, 5.74) is 2.21. The predicted octanol–water partition coefficient (Wildman–Crippen LogP) is 2.64. The van der Waals surface area contributed by atoms with E-state index in [4.69, 9.17) is 9.47 Å². The molecule has 7 nitrogen and oxygen atoms in total. The lowest BCUT2D eigenvalue weighted by Crippen LogP contribution is -2.47. The largest absolute Gasteiger partial charge is 0.489 e. The number of ether oxygens (including phenoxy) is 2. The maximum Gasteiger partial charge on any atom is 0.255 e. The molecular weight excluding hydrogens is 413 g/mol. The SMILES string of the molecule is CNc1cc2c(c(C(=O)NC[C@@H]3CCN(Cc4ccc(F)cc4)C[C@H]3O)c1)OCCCO2. The molecule has 4 rings (SSSR count). The highest BCUT2D eigenvalue weighted by molar-refractivity contribution is 5.99. The third-order valence-electron chi connectivity index (χ3n) is 6.03. The van der Waals surface area contributed by atoms with Crippen LogP contribution >= 0.6 is 0 Å². The van der Waals surface area contributed by atoms with E-state index >= 15 is 0 Å². The molecular formula is C24H30FN3O4. The van der Waals surface area contributed by atoms with Gasteiger partial charge in [-0.1, -0.05) is 12.1 Å². The number of aliphatic hydroxyl groups excluding tert-OH is 1. The summed E-state index contributed by atoms with van der Waals surface area (Å²) in [6.07, 6.45) is 0.967. The van der Waals surface area contributed by atoms with Crippen LogP contribution in [0.3, 0.4) is 0 Å². The summed E-state index contributed by atoms with van der Waals surface area (Å²) in [7, 11) is 1.79. The van der Waals surface area contributed by atoms with Crippen molar-refractivity contribution in [1.29, 1.82) is 0 Å². The van der Waals surface area contributed by atoms with Crippen molar-refractivity contribution < 1.29 is 23.8 Å². The molecule has 0 unspecified atom stereocenters. The van der Waals surface area contributed by atoms with Crippen molar-refractivity contribution >= 4 is 11.6 Å². The second-order valence-electron chi connectivity index (χ2n) is 8.34. The zero-order valence-corrected chi connectivity index (χ0v) is 18.3. The van der Waals surface area contributed by atoms with E-state index in [0.717, 1.165) is 30.6 Å². The van der Waals surface area contributed by atoms with Crippen LogP contribution in [-0.2, 0) is 6.54 Å². The van der Waals surface area contributed by atoms with Crippen LogP contribution in [0.4, 0.5) is 10.1 Å². The van der Waals surface area contributed by atoms with Gasteiger partial charge in [0.1, 0.15) is 5.82 Å². The van der Waals surface area contributed by atoms with Gasteiger partial charge in [0.15, 0.2) is 11.5 Å². The molecule has 2 aliphatic rings. The minimum atomic E-state index is -0.551. The Kier molecular flexibility index (Phi) is 7.12. The molecule has 0 saturated carbocycles. The molecule has 0 aromatic heterocycles. The predicted molar refractivity (Wildman–Crippen MR) is 120 cm³/mol. The number of aliphatic hydroxyl groups is 1. The Labute approximate surface area is 187 Å². The number of anilines is 1. The fourth-order valence-corrected chi connectivity index (χ4v) is 4.18. The Hall–Kier alpha value is -2.84. The molecule has 0 bridgehead atoms. The van der Waals surface area contributed by atoms with Gasteiger partial charge in [0, 0.05) is 50.8 Å². The first kappa shape index (κ1) is 22.4. The summed E-state index contributed by atoms with van der Waals surface area (Å²) < 4.78 is 24.6. The first-order chi connectivity index (χ1) is 15.5. The molecule has 0 spiro atoms. The van der Waals surface area contributed by atoms with Gasteiger partial charge in [0.2, 0.25) is 0 Å². The Morgan fingerprint density at radius 3 is 2.75 bits per heavy atom. The number of β-amino-alcohol motifs (C(OH)–C–C–N with tert-alkyl or cyclic N) is 1. The molecule has 2 aliphatic heterocycles. The highest BCUT2D eigenvalue weighted by atomic mass is 19.1. The average molecular weight is 444 g/mol. The summed E-state index contributed by atoms with van der Waals surface area (Å²) in [4.78, 5) is 15.1. The lowest BCUT2D eigenvalue weighted by Gasteiger charge is -2.36. The van der Waals surface area contributed by atoms with Crippen LogP contribution in [0.1, 0.15) is 28.8 Å². The number of halogens is 1. The number of fused-ring (bicyclic) bond motifs is 1. The quantitative estimate of drug-likeness (QED) is 0.637. The highest BCUT2D eigenvalue weighted by Crippen LogP contribution is 2.36. The summed E-state index contributed by atoms with van der Waals surface area (Å²) >= 11 is 0. The number of nitrogens with zero attached hydrogens (tertiary/aromatic N) is 1. The molecule has 0 aliphatic carbocycles. The minimum absolute atomic E-state index is 0.0355. The van der Waals surface area contributed by atoms with E-state index in [-0.39, 0.29) is 17.6 Å². The molecule has 8 heteroatoms. The number of benzene rings is 2. The molecule has 1 saturated heterocycles. The van der Waals surface area contributed by atoms with Gasteiger partial charge in [-0.2, -0.15) is 0 Å². The van der Waals surface area contributed by atoms with Crippen molar-refractivity contribution in [2.75, 3.05) is 45.2 Å². The normalized spacial score (nSPS) is 21.0. The fraction of sp³-hybridized carbons (Fsp3) is 0.458. The molecule has 2 atom stereocenters. The lowest BCUT2D eigenvalue weighted by atomic mass is 9.93. The van der Waals surface area contributed by atoms with Crippen LogP contribution in [-0.4, -0.2) is 61.9 Å². The summed E-state index contributed by atoms with van der Waals surface area (Å²) in [5, 5.41) is 16.7. The molecule has 2 aromatic rings. The van der Waals surface area contributed by atoms with Crippen LogP contribution in [0.15, 0.2) is 36.4 Å². The van der Waals surface area contributed by atoms with Crippen molar-refractivity contribution in [2.45, 2.75) is 25.5 Å². The van der Waals surface area contributed by atoms with E-state index in [1.807, 2.05) is 6.07 Å². The third-order valence-corrected chi connectivity index (χ3v) is 6.03. The number of carbonyl (C=O) groups is 1. The van der Waals surface area contributed by atoms with Gasteiger partial charge in [0.25, 0.3) is 5.91 Å². The van der Waals surface area contributed by atoms with Crippen molar-refractivity contribution in [2.24, 2.45) is 5.92 Å². The molecule has 2 heterocycles. The average Bonchev–Trinajstić information content (AvgIpc) is 3.04. The van der Waals surface area contributed by atoms with Crippen LogP contribution in [0.25, 0.3) is 0 Å². The first-order valence-electron chi connectivity index (χ1n) is 11.1. The second-order valence-corrected chi connectivity index (χ2v) is 8.34. The van der Waals surface area contributed by atoms with Gasteiger partial charge in [-0.05, 0) is 36.7 Å². The van der Waals surface area contributed by atoms with Gasteiger partial charge in [-0.15, -0.1) is 0 Å².